The molecule has 0 spiro atoms. The summed E-state index contributed by atoms with van der Waals surface area (Å²) in [4.78, 5) is 24.1. The Morgan fingerprint density at radius 3 is 2.24 bits per heavy atom. The van der Waals surface area contributed by atoms with Gasteiger partial charge in [-0.15, -0.1) is 0 Å². The van der Waals surface area contributed by atoms with Crippen molar-refractivity contribution in [3.05, 3.63) is 64.7 Å². The quantitative estimate of drug-likeness (QED) is 0.607. The lowest BCUT2D eigenvalue weighted by Crippen LogP contribution is -2.30. The number of benzene rings is 2. The molecule has 9 heteroatoms. The Kier molecular flexibility index (Phi) is 8.19. The fraction of sp³-hybridized carbons (Fsp3) is 0.300. The first-order valence-corrected chi connectivity index (χ1v) is 10.9. The Balaban J connectivity index is 1.91. The first kappa shape index (κ1) is 22.9. The molecule has 156 valence electrons. The van der Waals surface area contributed by atoms with Crippen LogP contribution in [0.5, 0.6) is 0 Å². The van der Waals surface area contributed by atoms with E-state index in [1.54, 1.807) is 38.1 Å². The standard InChI is InChI=1S/C20H23ClN2O5S/c1-3-23(4-2)29(26,27)17-11-9-15(10-12-17)20(25)28-14-19(24)22-13-16-7-5-6-8-18(16)21/h5-12H,3-4,13-14H2,1-2H3,(H,22,24). The van der Waals surface area contributed by atoms with Gasteiger partial charge in [-0.2, -0.15) is 4.31 Å². The minimum Gasteiger partial charge on any atom is -0.452 e. The Hall–Kier alpha value is -2.42. The third-order valence-corrected chi connectivity index (χ3v) is 6.63. The maximum atomic E-state index is 12.5. The molecule has 1 N–H and O–H groups in total. The minimum atomic E-state index is -3.60. The molecule has 0 unspecified atom stereocenters. The van der Waals surface area contributed by atoms with Gasteiger partial charge in [0.05, 0.1) is 10.5 Å². The maximum absolute atomic E-state index is 12.5. The fourth-order valence-electron chi connectivity index (χ4n) is 2.58. The van der Waals surface area contributed by atoms with Gasteiger partial charge >= 0.3 is 5.97 Å². The van der Waals surface area contributed by atoms with Crippen LogP contribution in [0, 0.1) is 0 Å². The van der Waals surface area contributed by atoms with Crippen molar-refractivity contribution < 1.29 is 22.7 Å². The van der Waals surface area contributed by atoms with Crippen molar-refractivity contribution in [1.29, 1.82) is 0 Å². The molecule has 0 saturated carbocycles. The van der Waals surface area contributed by atoms with Crippen LogP contribution in [0.2, 0.25) is 5.02 Å². The van der Waals surface area contributed by atoms with Crippen LogP contribution < -0.4 is 5.32 Å². The summed E-state index contributed by atoms with van der Waals surface area (Å²) in [5.74, 6) is -1.19. The summed E-state index contributed by atoms with van der Waals surface area (Å²) >= 11 is 6.02. The summed E-state index contributed by atoms with van der Waals surface area (Å²) in [5, 5.41) is 3.15. The van der Waals surface area contributed by atoms with Crippen LogP contribution in [0.4, 0.5) is 0 Å². The molecule has 29 heavy (non-hydrogen) atoms. The minimum absolute atomic E-state index is 0.0928. The van der Waals surface area contributed by atoms with Crippen LogP contribution in [0.15, 0.2) is 53.4 Å². The molecule has 0 saturated heterocycles. The van der Waals surface area contributed by atoms with E-state index >= 15 is 0 Å². The number of ether oxygens (including phenoxy) is 1. The zero-order valence-electron chi connectivity index (χ0n) is 16.2. The Morgan fingerprint density at radius 2 is 1.66 bits per heavy atom. The van der Waals surface area contributed by atoms with E-state index in [-0.39, 0.29) is 17.0 Å². The Morgan fingerprint density at radius 1 is 1.03 bits per heavy atom. The SMILES string of the molecule is CCN(CC)S(=O)(=O)c1ccc(C(=O)OCC(=O)NCc2ccccc2Cl)cc1. The lowest BCUT2D eigenvalue weighted by molar-refractivity contribution is -0.124. The predicted molar refractivity (Wildman–Crippen MR) is 110 cm³/mol. The first-order valence-electron chi connectivity index (χ1n) is 9.07. The average Bonchev–Trinajstić information content (AvgIpc) is 2.72. The van der Waals surface area contributed by atoms with Gasteiger partial charge in [0.1, 0.15) is 0 Å². The molecule has 2 aromatic rings. The summed E-state index contributed by atoms with van der Waals surface area (Å²) < 4.78 is 31.2. The first-order chi connectivity index (χ1) is 13.8. The van der Waals surface area contributed by atoms with Gasteiger partial charge in [-0.3, -0.25) is 4.79 Å². The number of sulfonamides is 1. The van der Waals surface area contributed by atoms with Crippen LogP contribution >= 0.6 is 11.6 Å². The molecule has 0 aliphatic heterocycles. The number of halogens is 1. The summed E-state index contributed by atoms with van der Waals surface area (Å²) in [6, 6.07) is 12.5. The summed E-state index contributed by atoms with van der Waals surface area (Å²) in [6.45, 7) is 3.97. The molecular weight excluding hydrogens is 416 g/mol. The van der Waals surface area contributed by atoms with E-state index in [0.29, 0.717) is 18.1 Å². The molecule has 0 aliphatic rings. The highest BCUT2D eigenvalue weighted by atomic mass is 35.5. The molecule has 1 amide bonds. The third kappa shape index (κ3) is 6.03. The largest absolute Gasteiger partial charge is 0.452 e. The Labute approximate surface area is 175 Å². The van der Waals surface area contributed by atoms with Crippen LogP contribution in [0.1, 0.15) is 29.8 Å². The second-order valence-electron chi connectivity index (χ2n) is 6.06. The van der Waals surface area contributed by atoms with Gasteiger partial charge in [0, 0.05) is 24.7 Å². The van der Waals surface area contributed by atoms with Crippen LogP contribution in [0.25, 0.3) is 0 Å². The molecule has 7 nitrogen and oxygen atoms in total. The molecule has 0 atom stereocenters. The average molecular weight is 439 g/mol. The normalized spacial score (nSPS) is 11.3. The van der Waals surface area contributed by atoms with E-state index in [4.69, 9.17) is 16.3 Å². The number of hydrogen-bond acceptors (Lipinski definition) is 5. The molecule has 2 aromatic carbocycles. The maximum Gasteiger partial charge on any atom is 0.338 e. The smallest absolute Gasteiger partial charge is 0.338 e. The van der Waals surface area contributed by atoms with Gasteiger partial charge in [-0.1, -0.05) is 43.6 Å². The number of hydrogen-bond donors (Lipinski definition) is 1. The van der Waals surface area contributed by atoms with E-state index in [0.717, 1.165) is 5.56 Å². The summed E-state index contributed by atoms with van der Waals surface area (Å²) in [7, 11) is -3.60. The van der Waals surface area contributed by atoms with Gasteiger partial charge < -0.3 is 10.1 Å². The zero-order chi connectivity index (χ0) is 21.4. The molecule has 0 aromatic heterocycles. The topological polar surface area (TPSA) is 92.8 Å². The van der Waals surface area contributed by atoms with Gasteiger partial charge in [0.15, 0.2) is 6.61 Å². The lowest BCUT2D eigenvalue weighted by atomic mass is 10.2. The van der Waals surface area contributed by atoms with Crippen molar-refractivity contribution in [2.45, 2.75) is 25.3 Å². The summed E-state index contributed by atoms with van der Waals surface area (Å²) in [6.07, 6.45) is 0. The Bertz CT molecular complexity index is 957. The number of amides is 1. The van der Waals surface area contributed by atoms with Crippen LogP contribution in [0.3, 0.4) is 0 Å². The van der Waals surface area contributed by atoms with Crippen molar-refractivity contribution in [3.63, 3.8) is 0 Å². The van der Waals surface area contributed by atoms with Crippen molar-refractivity contribution >= 4 is 33.5 Å². The zero-order valence-corrected chi connectivity index (χ0v) is 17.8. The third-order valence-electron chi connectivity index (χ3n) is 4.20. The molecule has 0 radical (unpaired) electrons. The van der Waals surface area contributed by atoms with Gasteiger partial charge in [0.2, 0.25) is 10.0 Å². The predicted octanol–water partition coefficient (Wildman–Crippen LogP) is 2.84. The van der Waals surface area contributed by atoms with Gasteiger partial charge in [-0.05, 0) is 35.9 Å². The van der Waals surface area contributed by atoms with Crippen LogP contribution in [-0.4, -0.2) is 44.3 Å². The molecular formula is C20H23ClN2O5S. The van der Waals surface area contributed by atoms with Crippen LogP contribution in [-0.2, 0) is 26.1 Å². The summed E-state index contributed by atoms with van der Waals surface area (Å²) in [5.41, 5.74) is 0.904. The van der Waals surface area contributed by atoms with E-state index < -0.39 is 28.5 Å². The van der Waals surface area contributed by atoms with Gasteiger partial charge in [0.25, 0.3) is 5.91 Å². The number of carbonyl (C=O) groups excluding carboxylic acids is 2. The highest BCUT2D eigenvalue weighted by Gasteiger charge is 2.22. The fourth-order valence-corrected chi connectivity index (χ4v) is 4.24. The van der Waals surface area contributed by atoms with E-state index in [2.05, 4.69) is 5.32 Å². The molecule has 0 aliphatic carbocycles. The van der Waals surface area contributed by atoms with E-state index in [1.807, 2.05) is 0 Å². The molecule has 0 bridgehead atoms. The molecule has 0 heterocycles. The van der Waals surface area contributed by atoms with E-state index in [9.17, 15) is 18.0 Å². The lowest BCUT2D eigenvalue weighted by Gasteiger charge is -2.18. The monoisotopic (exact) mass is 438 g/mol. The van der Waals surface area contributed by atoms with Crippen molar-refractivity contribution in [3.8, 4) is 0 Å². The number of nitrogens with one attached hydrogen (secondary N) is 1. The molecule has 2 rings (SSSR count). The van der Waals surface area contributed by atoms with Crippen molar-refractivity contribution in [1.82, 2.24) is 9.62 Å². The second kappa shape index (κ2) is 10.4. The van der Waals surface area contributed by atoms with Gasteiger partial charge in [-0.25, -0.2) is 13.2 Å². The molecule has 0 fully saturated rings. The highest BCUT2D eigenvalue weighted by Crippen LogP contribution is 2.17. The van der Waals surface area contributed by atoms with E-state index in [1.165, 1.54) is 28.6 Å². The number of rotatable bonds is 9. The van der Waals surface area contributed by atoms with Crippen molar-refractivity contribution in [2.75, 3.05) is 19.7 Å². The number of nitrogens with zero attached hydrogens (tertiary/aromatic N) is 1. The second-order valence-corrected chi connectivity index (χ2v) is 8.40. The van der Waals surface area contributed by atoms with Crippen molar-refractivity contribution in [2.24, 2.45) is 0 Å². The number of esters is 1. The number of carbonyl (C=O) groups is 2. The highest BCUT2D eigenvalue weighted by molar-refractivity contribution is 7.89.